The first-order valence-corrected chi connectivity index (χ1v) is 5.26. The molecule has 0 fully saturated rings. The largest absolute Gasteiger partial charge is 0.389 e. The molecule has 0 amide bonds. The lowest BCUT2D eigenvalue weighted by Crippen LogP contribution is -2.15. The van der Waals surface area contributed by atoms with Gasteiger partial charge in [0.15, 0.2) is 5.82 Å². The van der Waals surface area contributed by atoms with E-state index in [9.17, 15) is 0 Å². The molecule has 0 saturated heterocycles. The van der Waals surface area contributed by atoms with Gasteiger partial charge in [-0.05, 0) is 0 Å². The number of aryl methyl sites for hydroxylation is 1. The highest BCUT2D eigenvalue weighted by molar-refractivity contribution is 7.80. The molecule has 0 saturated carbocycles. The standard InChI is InChI=1S/C9H11N7S/c1-16-5-14-7(15-16)3-12-9-6(8(10)17)2-11-4-13-9/h2,4-5H,3H2,1H3,(H2,10,17)(H,11,12,13). The van der Waals surface area contributed by atoms with Crippen LogP contribution < -0.4 is 11.1 Å². The predicted octanol–water partition coefficient (Wildman–Crippen LogP) is -0.149. The molecule has 0 unspecified atom stereocenters. The summed E-state index contributed by atoms with van der Waals surface area (Å²) in [6, 6.07) is 0. The second kappa shape index (κ2) is 4.83. The molecule has 88 valence electrons. The fraction of sp³-hybridized carbons (Fsp3) is 0.222. The summed E-state index contributed by atoms with van der Waals surface area (Å²) in [5.74, 6) is 1.25. The molecule has 0 aliphatic rings. The second-order valence-electron chi connectivity index (χ2n) is 3.34. The van der Waals surface area contributed by atoms with Crippen LogP contribution in [0.25, 0.3) is 0 Å². The monoisotopic (exact) mass is 249 g/mol. The zero-order chi connectivity index (χ0) is 12.3. The minimum Gasteiger partial charge on any atom is -0.389 e. The van der Waals surface area contributed by atoms with Crippen LogP contribution in [-0.4, -0.2) is 29.7 Å². The van der Waals surface area contributed by atoms with Crippen LogP contribution in [0, 0.1) is 0 Å². The van der Waals surface area contributed by atoms with E-state index in [0.29, 0.717) is 23.8 Å². The van der Waals surface area contributed by atoms with Gasteiger partial charge in [-0.1, -0.05) is 12.2 Å². The van der Waals surface area contributed by atoms with Gasteiger partial charge in [0.2, 0.25) is 0 Å². The molecular formula is C9H11N7S. The third kappa shape index (κ3) is 2.72. The molecule has 17 heavy (non-hydrogen) atoms. The Morgan fingerprint density at radius 1 is 1.53 bits per heavy atom. The average molecular weight is 249 g/mol. The summed E-state index contributed by atoms with van der Waals surface area (Å²) < 4.78 is 1.63. The summed E-state index contributed by atoms with van der Waals surface area (Å²) in [6.45, 7) is 0.452. The van der Waals surface area contributed by atoms with E-state index in [4.69, 9.17) is 18.0 Å². The Hall–Kier alpha value is -2.09. The number of anilines is 1. The topological polar surface area (TPSA) is 94.5 Å². The predicted molar refractivity (Wildman–Crippen MR) is 66.2 cm³/mol. The van der Waals surface area contributed by atoms with E-state index >= 15 is 0 Å². The van der Waals surface area contributed by atoms with Crippen molar-refractivity contribution in [2.24, 2.45) is 12.8 Å². The summed E-state index contributed by atoms with van der Waals surface area (Å²) in [5, 5.41) is 7.20. The number of nitrogens with one attached hydrogen (secondary N) is 1. The minimum absolute atomic E-state index is 0.252. The summed E-state index contributed by atoms with van der Waals surface area (Å²) >= 11 is 4.91. The van der Waals surface area contributed by atoms with Crippen molar-refractivity contribution in [2.45, 2.75) is 6.54 Å². The van der Waals surface area contributed by atoms with E-state index < -0.39 is 0 Å². The molecule has 2 heterocycles. The second-order valence-corrected chi connectivity index (χ2v) is 3.78. The van der Waals surface area contributed by atoms with Crippen LogP contribution in [0.15, 0.2) is 18.9 Å². The molecule has 8 heteroatoms. The lowest BCUT2D eigenvalue weighted by Gasteiger charge is -2.07. The Balaban J connectivity index is 2.11. The Bertz CT molecular complexity index is 536. The number of hydrogen-bond acceptors (Lipinski definition) is 6. The summed E-state index contributed by atoms with van der Waals surface area (Å²) in [5.41, 5.74) is 6.17. The molecular weight excluding hydrogens is 238 g/mol. The fourth-order valence-corrected chi connectivity index (χ4v) is 1.43. The van der Waals surface area contributed by atoms with Gasteiger partial charge < -0.3 is 11.1 Å². The van der Waals surface area contributed by atoms with Crippen molar-refractivity contribution in [1.82, 2.24) is 24.7 Å². The number of nitrogens with two attached hydrogens (primary N) is 1. The van der Waals surface area contributed by atoms with Crippen LogP contribution in [0.3, 0.4) is 0 Å². The lowest BCUT2D eigenvalue weighted by molar-refractivity contribution is 0.747. The summed E-state index contributed by atoms with van der Waals surface area (Å²) in [6.07, 6.45) is 4.63. The van der Waals surface area contributed by atoms with Crippen LogP contribution in [0.5, 0.6) is 0 Å². The minimum atomic E-state index is 0.252. The van der Waals surface area contributed by atoms with Crippen molar-refractivity contribution in [2.75, 3.05) is 5.32 Å². The van der Waals surface area contributed by atoms with Crippen LogP contribution in [0.4, 0.5) is 5.82 Å². The molecule has 0 atom stereocenters. The van der Waals surface area contributed by atoms with Crippen molar-refractivity contribution in [3.63, 3.8) is 0 Å². The van der Waals surface area contributed by atoms with Crippen molar-refractivity contribution in [3.05, 3.63) is 30.2 Å². The molecule has 2 aromatic rings. The molecule has 0 aliphatic heterocycles. The molecule has 2 aromatic heterocycles. The highest BCUT2D eigenvalue weighted by atomic mass is 32.1. The van der Waals surface area contributed by atoms with Gasteiger partial charge in [0.05, 0.1) is 12.1 Å². The Morgan fingerprint density at radius 2 is 2.35 bits per heavy atom. The van der Waals surface area contributed by atoms with Crippen molar-refractivity contribution >= 4 is 23.0 Å². The first-order chi connectivity index (χ1) is 8.16. The van der Waals surface area contributed by atoms with Crippen LogP contribution in [-0.2, 0) is 13.6 Å². The van der Waals surface area contributed by atoms with E-state index in [1.807, 2.05) is 7.05 Å². The third-order valence-electron chi connectivity index (χ3n) is 2.04. The maximum Gasteiger partial charge on any atom is 0.169 e. The molecule has 7 nitrogen and oxygen atoms in total. The van der Waals surface area contributed by atoms with Gasteiger partial charge in [-0.3, -0.25) is 4.68 Å². The van der Waals surface area contributed by atoms with Crippen molar-refractivity contribution in [3.8, 4) is 0 Å². The summed E-state index contributed by atoms with van der Waals surface area (Å²) in [7, 11) is 1.81. The van der Waals surface area contributed by atoms with Crippen molar-refractivity contribution in [1.29, 1.82) is 0 Å². The van der Waals surface area contributed by atoms with Gasteiger partial charge in [0, 0.05) is 13.2 Å². The zero-order valence-electron chi connectivity index (χ0n) is 9.16. The van der Waals surface area contributed by atoms with Crippen LogP contribution in [0.2, 0.25) is 0 Å². The zero-order valence-corrected chi connectivity index (χ0v) is 9.98. The molecule has 0 radical (unpaired) electrons. The quantitative estimate of drug-likeness (QED) is 0.728. The average Bonchev–Trinajstić information content (AvgIpc) is 2.73. The normalized spacial score (nSPS) is 10.2. The van der Waals surface area contributed by atoms with Gasteiger partial charge in [-0.15, -0.1) is 0 Å². The van der Waals surface area contributed by atoms with Gasteiger partial charge in [-0.2, -0.15) is 5.10 Å². The fourth-order valence-electron chi connectivity index (χ4n) is 1.28. The Morgan fingerprint density at radius 3 is 3.00 bits per heavy atom. The molecule has 2 rings (SSSR count). The highest BCUT2D eigenvalue weighted by Gasteiger charge is 2.07. The van der Waals surface area contributed by atoms with E-state index in [-0.39, 0.29) is 4.99 Å². The van der Waals surface area contributed by atoms with Gasteiger partial charge >= 0.3 is 0 Å². The maximum absolute atomic E-state index is 5.56. The number of aromatic nitrogens is 5. The van der Waals surface area contributed by atoms with Gasteiger partial charge in [0.1, 0.15) is 23.5 Å². The molecule has 0 spiro atoms. The van der Waals surface area contributed by atoms with Gasteiger partial charge in [-0.25, -0.2) is 15.0 Å². The van der Waals surface area contributed by atoms with Crippen LogP contribution >= 0.6 is 12.2 Å². The third-order valence-corrected chi connectivity index (χ3v) is 2.26. The molecule has 3 N–H and O–H groups in total. The molecule has 0 bridgehead atoms. The van der Waals surface area contributed by atoms with Crippen LogP contribution in [0.1, 0.15) is 11.4 Å². The molecule has 0 aromatic carbocycles. The van der Waals surface area contributed by atoms with E-state index in [0.717, 1.165) is 0 Å². The first kappa shape index (κ1) is 11.4. The van der Waals surface area contributed by atoms with Gasteiger partial charge in [0.25, 0.3) is 0 Å². The Kier molecular flexibility index (Phi) is 3.24. The number of nitrogens with zero attached hydrogens (tertiary/aromatic N) is 5. The summed E-state index contributed by atoms with van der Waals surface area (Å²) in [4.78, 5) is 12.3. The first-order valence-electron chi connectivity index (χ1n) is 4.85. The smallest absolute Gasteiger partial charge is 0.169 e. The van der Waals surface area contributed by atoms with E-state index in [2.05, 4.69) is 25.4 Å². The SMILES string of the molecule is Cn1cnc(CNc2ncncc2C(N)=S)n1. The number of thiocarbonyl (C=S) groups is 1. The Labute approximate surface area is 103 Å². The molecule has 0 aliphatic carbocycles. The van der Waals surface area contributed by atoms with Crippen molar-refractivity contribution < 1.29 is 0 Å². The maximum atomic E-state index is 5.56. The number of rotatable bonds is 4. The lowest BCUT2D eigenvalue weighted by atomic mass is 10.3. The number of hydrogen-bond donors (Lipinski definition) is 2. The van der Waals surface area contributed by atoms with E-state index in [1.165, 1.54) is 6.33 Å². The highest BCUT2D eigenvalue weighted by Crippen LogP contribution is 2.10. The van der Waals surface area contributed by atoms with E-state index in [1.54, 1.807) is 17.2 Å².